The van der Waals surface area contributed by atoms with E-state index < -0.39 is 23.7 Å². The van der Waals surface area contributed by atoms with E-state index in [4.69, 9.17) is 4.74 Å². The number of carbonyl (C=O) groups excluding carboxylic acids is 3. The Morgan fingerprint density at radius 3 is 2.43 bits per heavy atom. The molecule has 1 atom stereocenters. The van der Waals surface area contributed by atoms with Gasteiger partial charge in [0.15, 0.2) is 11.5 Å². The fourth-order valence-corrected chi connectivity index (χ4v) is 4.08. The summed E-state index contributed by atoms with van der Waals surface area (Å²) in [4.78, 5) is 44.2. The molecule has 35 heavy (non-hydrogen) atoms. The molecule has 7 heteroatoms. The van der Waals surface area contributed by atoms with Crippen molar-refractivity contribution in [2.24, 2.45) is 0 Å². The smallest absolute Gasteiger partial charge is 0.338 e. The molecule has 4 rings (SSSR count). The number of nitrogens with zero attached hydrogens (tertiary/aromatic N) is 2. The number of pyridine rings is 1. The first-order valence-corrected chi connectivity index (χ1v) is 11.5. The number of benzene rings is 2. The average Bonchev–Trinajstić information content (AvgIpc) is 3.17. The topological polar surface area (TPSA) is 96.8 Å². The zero-order valence-electron chi connectivity index (χ0n) is 19.4. The zero-order valence-corrected chi connectivity index (χ0v) is 19.4. The van der Waals surface area contributed by atoms with Gasteiger partial charge in [-0.25, -0.2) is 4.79 Å². The highest BCUT2D eigenvalue weighted by Crippen LogP contribution is 2.41. The fraction of sp³-hybridized carbons (Fsp3) is 0.214. The molecular weight excluding hydrogens is 444 g/mol. The maximum absolute atomic E-state index is 13.3. The third kappa shape index (κ3) is 5.14. The fourth-order valence-electron chi connectivity index (χ4n) is 4.08. The summed E-state index contributed by atoms with van der Waals surface area (Å²) in [5.74, 6) is -2.00. The highest BCUT2D eigenvalue weighted by atomic mass is 16.5. The van der Waals surface area contributed by atoms with Crippen molar-refractivity contribution in [1.29, 1.82) is 0 Å². The van der Waals surface area contributed by atoms with Crippen LogP contribution in [0.4, 0.5) is 5.69 Å². The van der Waals surface area contributed by atoms with Gasteiger partial charge in [-0.3, -0.25) is 19.5 Å². The minimum Gasteiger partial charge on any atom is -0.503 e. The van der Waals surface area contributed by atoms with Crippen molar-refractivity contribution in [1.82, 2.24) is 4.98 Å². The molecule has 0 saturated heterocycles. The molecule has 0 aliphatic carbocycles. The summed E-state index contributed by atoms with van der Waals surface area (Å²) < 4.78 is 5.16. The molecule has 1 aliphatic heterocycles. The van der Waals surface area contributed by atoms with Gasteiger partial charge in [-0.05, 0) is 54.3 Å². The van der Waals surface area contributed by atoms with Gasteiger partial charge < -0.3 is 9.84 Å². The molecule has 0 saturated carbocycles. The number of esters is 1. The number of aliphatic hydroxyl groups is 1. The van der Waals surface area contributed by atoms with Crippen LogP contribution in [0.1, 0.15) is 47.3 Å². The highest BCUT2D eigenvalue weighted by Gasteiger charge is 2.44. The summed E-state index contributed by atoms with van der Waals surface area (Å²) in [6.45, 7) is 2.23. The number of hydrogen-bond acceptors (Lipinski definition) is 6. The molecule has 1 unspecified atom stereocenters. The Labute approximate surface area is 203 Å². The lowest BCUT2D eigenvalue weighted by atomic mass is 9.94. The van der Waals surface area contributed by atoms with Crippen LogP contribution >= 0.6 is 0 Å². The summed E-state index contributed by atoms with van der Waals surface area (Å²) in [6.07, 6.45) is 4.51. The maximum Gasteiger partial charge on any atom is 0.338 e. The number of amides is 1. The van der Waals surface area contributed by atoms with Crippen molar-refractivity contribution in [2.75, 3.05) is 11.5 Å². The van der Waals surface area contributed by atoms with E-state index >= 15 is 0 Å². The van der Waals surface area contributed by atoms with E-state index in [0.717, 1.165) is 5.56 Å². The van der Waals surface area contributed by atoms with Gasteiger partial charge >= 0.3 is 5.97 Å². The number of carbonyl (C=O) groups is 3. The van der Waals surface area contributed by atoms with E-state index in [0.29, 0.717) is 36.3 Å². The molecule has 1 amide bonds. The molecule has 1 aromatic heterocycles. The second-order valence-corrected chi connectivity index (χ2v) is 8.22. The Bertz CT molecular complexity index is 1240. The predicted molar refractivity (Wildman–Crippen MR) is 131 cm³/mol. The Morgan fingerprint density at radius 2 is 1.77 bits per heavy atom. The Kier molecular flexibility index (Phi) is 7.35. The highest BCUT2D eigenvalue weighted by molar-refractivity contribution is 6.16. The van der Waals surface area contributed by atoms with Gasteiger partial charge in [-0.15, -0.1) is 0 Å². The molecule has 0 spiro atoms. The van der Waals surface area contributed by atoms with Crippen LogP contribution in [-0.2, 0) is 20.7 Å². The molecule has 0 bridgehead atoms. The molecule has 3 aromatic rings. The van der Waals surface area contributed by atoms with Gasteiger partial charge in [-0.2, -0.15) is 0 Å². The number of Topliss-reactive ketones (excluding diaryl/α,β-unsaturated/α-hetero) is 1. The van der Waals surface area contributed by atoms with E-state index in [1.165, 1.54) is 4.90 Å². The molecule has 2 heterocycles. The first-order chi connectivity index (χ1) is 17.0. The lowest BCUT2D eigenvalue weighted by Gasteiger charge is -2.26. The van der Waals surface area contributed by atoms with E-state index in [1.807, 2.05) is 37.3 Å². The monoisotopic (exact) mass is 470 g/mol. The summed E-state index contributed by atoms with van der Waals surface area (Å²) in [5.41, 5.74) is 2.42. The minimum atomic E-state index is -0.836. The zero-order chi connectivity index (χ0) is 24.8. The summed E-state index contributed by atoms with van der Waals surface area (Å²) in [5, 5.41) is 10.8. The summed E-state index contributed by atoms with van der Waals surface area (Å²) >= 11 is 0. The van der Waals surface area contributed by atoms with Gasteiger partial charge in [0.2, 0.25) is 0 Å². The van der Waals surface area contributed by atoms with Gasteiger partial charge in [0.1, 0.15) is 0 Å². The van der Waals surface area contributed by atoms with Crippen LogP contribution in [0, 0.1) is 0 Å². The van der Waals surface area contributed by atoms with Crippen molar-refractivity contribution in [3.63, 3.8) is 0 Å². The largest absolute Gasteiger partial charge is 0.503 e. The molecule has 7 nitrogen and oxygen atoms in total. The first-order valence-electron chi connectivity index (χ1n) is 11.5. The van der Waals surface area contributed by atoms with Crippen LogP contribution in [0.15, 0.2) is 90.5 Å². The second-order valence-electron chi connectivity index (χ2n) is 8.22. The Hall–Kier alpha value is -4.26. The number of rotatable bonds is 9. The second kappa shape index (κ2) is 10.8. The van der Waals surface area contributed by atoms with Crippen molar-refractivity contribution in [3.05, 3.63) is 107 Å². The molecule has 2 aromatic carbocycles. The third-order valence-electron chi connectivity index (χ3n) is 5.81. The van der Waals surface area contributed by atoms with Crippen LogP contribution < -0.4 is 4.90 Å². The summed E-state index contributed by atoms with van der Waals surface area (Å²) in [7, 11) is 0. The van der Waals surface area contributed by atoms with Crippen molar-refractivity contribution < 1.29 is 24.2 Å². The van der Waals surface area contributed by atoms with E-state index in [1.54, 1.807) is 48.8 Å². The van der Waals surface area contributed by atoms with Gasteiger partial charge in [-0.1, -0.05) is 43.3 Å². The first kappa shape index (κ1) is 23.9. The number of hydrogen-bond donors (Lipinski definition) is 1. The SMILES string of the molecule is CCCOC(=O)c1ccc(N2C(=O)C(O)=C(C(=O)CCc3ccccc3)C2c2cccnc2)cc1. The number of ether oxygens (including phenoxy) is 1. The minimum absolute atomic E-state index is 0.0466. The van der Waals surface area contributed by atoms with E-state index in [2.05, 4.69) is 4.98 Å². The summed E-state index contributed by atoms with van der Waals surface area (Å²) in [6, 6.07) is 18.5. The molecule has 178 valence electrons. The maximum atomic E-state index is 13.3. The normalized spacial score (nSPS) is 15.4. The van der Waals surface area contributed by atoms with E-state index in [-0.39, 0.29) is 17.8 Å². The van der Waals surface area contributed by atoms with Crippen LogP contribution in [0.3, 0.4) is 0 Å². The third-order valence-corrected chi connectivity index (χ3v) is 5.81. The average molecular weight is 471 g/mol. The number of aliphatic hydroxyl groups excluding tert-OH is 1. The van der Waals surface area contributed by atoms with Crippen LogP contribution in [0.5, 0.6) is 0 Å². The molecule has 1 aliphatic rings. The van der Waals surface area contributed by atoms with Crippen LogP contribution in [0.2, 0.25) is 0 Å². The van der Waals surface area contributed by atoms with Gasteiger partial charge in [0, 0.05) is 24.5 Å². The number of ketones is 1. The van der Waals surface area contributed by atoms with Gasteiger partial charge in [0.25, 0.3) is 5.91 Å². The number of aromatic nitrogens is 1. The lowest BCUT2D eigenvalue weighted by Crippen LogP contribution is -2.31. The predicted octanol–water partition coefficient (Wildman–Crippen LogP) is 4.75. The number of aryl methyl sites for hydroxylation is 1. The molecule has 0 fully saturated rings. The van der Waals surface area contributed by atoms with Crippen LogP contribution in [0.25, 0.3) is 0 Å². The lowest BCUT2D eigenvalue weighted by molar-refractivity contribution is -0.118. The van der Waals surface area contributed by atoms with Crippen molar-refractivity contribution >= 4 is 23.3 Å². The molecular formula is C28H26N2O5. The molecule has 1 N–H and O–H groups in total. The van der Waals surface area contributed by atoms with E-state index in [9.17, 15) is 19.5 Å². The van der Waals surface area contributed by atoms with Crippen molar-refractivity contribution in [2.45, 2.75) is 32.2 Å². The standard InChI is InChI=1S/C28H26N2O5/c1-2-17-35-28(34)20-11-13-22(14-12-20)30-25(21-9-6-16-29-18-21)24(26(32)27(30)33)23(31)15-10-19-7-4-3-5-8-19/h3-9,11-14,16,18,25,32H,2,10,15,17H2,1H3. The quantitative estimate of drug-likeness (QED) is 0.454. The molecule has 0 radical (unpaired) electrons. The Morgan fingerprint density at radius 1 is 1.03 bits per heavy atom. The van der Waals surface area contributed by atoms with Gasteiger partial charge in [0.05, 0.1) is 23.8 Å². The Balaban J connectivity index is 1.64. The number of anilines is 1. The van der Waals surface area contributed by atoms with Crippen molar-refractivity contribution in [3.8, 4) is 0 Å². The van der Waals surface area contributed by atoms with Crippen LogP contribution in [-0.4, -0.2) is 34.4 Å².